The molecular weight excluding hydrogens is 302 g/mol. The Labute approximate surface area is 135 Å². The molecule has 1 aromatic carbocycles. The van der Waals surface area contributed by atoms with E-state index in [0.717, 1.165) is 12.8 Å². The Hall–Kier alpha value is -2.22. The number of rotatable bonds is 9. The summed E-state index contributed by atoms with van der Waals surface area (Å²) in [6, 6.07) is 1.29. The van der Waals surface area contributed by atoms with Gasteiger partial charge in [0, 0.05) is 19.2 Å². The van der Waals surface area contributed by atoms with Crippen LogP contribution in [0.1, 0.15) is 44.7 Å². The van der Waals surface area contributed by atoms with Crippen molar-refractivity contribution in [2.75, 3.05) is 12.4 Å². The zero-order valence-electron chi connectivity index (χ0n) is 13.9. The largest absolute Gasteiger partial charge is 0.380 e. The summed E-state index contributed by atoms with van der Waals surface area (Å²) < 4.78 is 5.07. The molecule has 1 rings (SSSR count). The van der Waals surface area contributed by atoms with E-state index in [1.54, 1.807) is 6.92 Å². The number of aryl methyl sites for hydroxylation is 1. The summed E-state index contributed by atoms with van der Waals surface area (Å²) in [6.07, 6.45) is 2.07. The molecule has 0 aliphatic carbocycles. The molecule has 0 fully saturated rings. The second kappa shape index (κ2) is 8.42. The molecule has 0 amide bonds. The SMILES string of the molecule is CCCC(C)Nc1c([N+](=O)[O-])cc(CC)c(COC)c1[N+](=O)[O-]. The van der Waals surface area contributed by atoms with E-state index < -0.39 is 9.85 Å². The first kappa shape index (κ1) is 18.8. The molecule has 1 aromatic rings. The summed E-state index contributed by atoms with van der Waals surface area (Å²) in [5.41, 5.74) is 0.373. The number of hydrogen-bond acceptors (Lipinski definition) is 6. The van der Waals surface area contributed by atoms with Gasteiger partial charge in [0.1, 0.15) is 0 Å². The molecule has 0 saturated heterocycles. The Bertz CT molecular complexity index is 589. The highest BCUT2D eigenvalue weighted by atomic mass is 16.6. The fourth-order valence-electron chi connectivity index (χ4n) is 2.61. The van der Waals surface area contributed by atoms with E-state index in [1.165, 1.54) is 13.2 Å². The normalized spacial score (nSPS) is 12.0. The average Bonchev–Trinajstić information content (AvgIpc) is 2.47. The Morgan fingerprint density at radius 2 is 1.91 bits per heavy atom. The first-order valence-electron chi connectivity index (χ1n) is 7.60. The molecular formula is C15H23N3O5. The van der Waals surface area contributed by atoms with Crippen molar-refractivity contribution in [2.45, 2.75) is 52.7 Å². The van der Waals surface area contributed by atoms with Crippen LogP contribution in [0.3, 0.4) is 0 Å². The standard InChI is InChI=1S/C15H23N3O5/c1-5-7-10(3)16-14-13(17(19)20)8-11(6-2)12(9-23-4)15(14)18(21)22/h8,10,16H,5-7,9H2,1-4H3. The molecule has 1 unspecified atom stereocenters. The first-order chi connectivity index (χ1) is 10.9. The van der Waals surface area contributed by atoms with Gasteiger partial charge in [0.05, 0.1) is 22.0 Å². The highest BCUT2D eigenvalue weighted by molar-refractivity contribution is 5.78. The number of hydrogen-bond donors (Lipinski definition) is 1. The molecule has 1 N–H and O–H groups in total. The van der Waals surface area contributed by atoms with Crippen LogP contribution in [0.25, 0.3) is 0 Å². The molecule has 0 radical (unpaired) electrons. The summed E-state index contributed by atoms with van der Waals surface area (Å²) in [4.78, 5) is 21.8. The summed E-state index contributed by atoms with van der Waals surface area (Å²) in [5.74, 6) is 0. The number of nitro groups is 2. The van der Waals surface area contributed by atoms with E-state index in [2.05, 4.69) is 5.32 Å². The lowest BCUT2D eigenvalue weighted by Crippen LogP contribution is -2.18. The second-order valence-corrected chi connectivity index (χ2v) is 5.39. The van der Waals surface area contributed by atoms with Crippen LogP contribution in [0, 0.1) is 20.2 Å². The zero-order valence-corrected chi connectivity index (χ0v) is 13.9. The van der Waals surface area contributed by atoms with Crippen LogP contribution in [-0.2, 0) is 17.8 Å². The van der Waals surface area contributed by atoms with E-state index in [4.69, 9.17) is 4.74 Å². The van der Waals surface area contributed by atoms with Crippen LogP contribution in [0.2, 0.25) is 0 Å². The average molecular weight is 325 g/mol. The maximum Gasteiger partial charge on any atom is 0.305 e. The van der Waals surface area contributed by atoms with Gasteiger partial charge in [0.15, 0.2) is 5.69 Å². The van der Waals surface area contributed by atoms with Crippen molar-refractivity contribution in [3.63, 3.8) is 0 Å². The van der Waals surface area contributed by atoms with Crippen molar-refractivity contribution in [1.82, 2.24) is 0 Å². The van der Waals surface area contributed by atoms with Crippen LogP contribution in [0.15, 0.2) is 6.07 Å². The van der Waals surface area contributed by atoms with Crippen molar-refractivity contribution >= 4 is 17.1 Å². The summed E-state index contributed by atoms with van der Waals surface area (Å²) in [7, 11) is 1.44. The Balaban J connectivity index is 3.62. The maximum absolute atomic E-state index is 11.6. The lowest BCUT2D eigenvalue weighted by atomic mass is 10.00. The van der Waals surface area contributed by atoms with Crippen molar-refractivity contribution in [2.24, 2.45) is 0 Å². The number of anilines is 1. The lowest BCUT2D eigenvalue weighted by Gasteiger charge is -2.17. The molecule has 0 aromatic heterocycles. The van der Waals surface area contributed by atoms with Gasteiger partial charge in [0.2, 0.25) is 0 Å². The molecule has 0 spiro atoms. The Morgan fingerprint density at radius 1 is 1.26 bits per heavy atom. The van der Waals surface area contributed by atoms with E-state index in [-0.39, 0.29) is 29.7 Å². The third kappa shape index (κ3) is 4.38. The van der Waals surface area contributed by atoms with E-state index in [1.807, 2.05) is 13.8 Å². The van der Waals surface area contributed by atoms with Crippen molar-refractivity contribution in [3.05, 3.63) is 37.4 Å². The third-order valence-electron chi connectivity index (χ3n) is 3.64. The van der Waals surface area contributed by atoms with E-state index >= 15 is 0 Å². The fourth-order valence-corrected chi connectivity index (χ4v) is 2.61. The molecule has 0 aliphatic heterocycles. The van der Waals surface area contributed by atoms with Crippen LogP contribution < -0.4 is 5.32 Å². The smallest absolute Gasteiger partial charge is 0.305 e. The number of methoxy groups -OCH3 is 1. The zero-order chi connectivity index (χ0) is 17.6. The molecule has 0 heterocycles. The molecule has 0 saturated carbocycles. The maximum atomic E-state index is 11.6. The molecule has 8 nitrogen and oxygen atoms in total. The van der Waals surface area contributed by atoms with Crippen LogP contribution in [-0.4, -0.2) is 23.0 Å². The molecule has 23 heavy (non-hydrogen) atoms. The van der Waals surface area contributed by atoms with Gasteiger partial charge in [-0.2, -0.15) is 0 Å². The van der Waals surface area contributed by atoms with Gasteiger partial charge < -0.3 is 10.1 Å². The quantitative estimate of drug-likeness (QED) is 0.546. The summed E-state index contributed by atoms with van der Waals surface area (Å²) >= 11 is 0. The van der Waals surface area contributed by atoms with Crippen LogP contribution >= 0.6 is 0 Å². The molecule has 1 atom stereocenters. The van der Waals surface area contributed by atoms with Gasteiger partial charge in [-0.3, -0.25) is 20.2 Å². The molecule has 128 valence electrons. The summed E-state index contributed by atoms with van der Waals surface area (Å²) in [5, 5.41) is 25.9. The Kier molecular flexibility index (Phi) is 6.89. The topological polar surface area (TPSA) is 108 Å². The van der Waals surface area contributed by atoms with Crippen molar-refractivity contribution in [1.29, 1.82) is 0 Å². The van der Waals surface area contributed by atoms with Crippen LogP contribution in [0.4, 0.5) is 17.1 Å². The molecule has 0 bridgehead atoms. The summed E-state index contributed by atoms with van der Waals surface area (Å²) in [6.45, 7) is 5.67. The number of benzene rings is 1. The van der Waals surface area contributed by atoms with Crippen LogP contribution in [0.5, 0.6) is 0 Å². The van der Waals surface area contributed by atoms with Gasteiger partial charge >= 0.3 is 5.69 Å². The number of nitrogens with zero attached hydrogens (tertiary/aromatic N) is 2. The predicted molar refractivity (Wildman–Crippen MR) is 87.8 cm³/mol. The van der Waals surface area contributed by atoms with Crippen molar-refractivity contribution < 1.29 is 14.6 Å². The van der Waals surface area contributed by atoms with E-state index in [9.17, 15) is 20.2 Å². The minimum absolute atomic E-state index is 0.0360. The predicted octanol–water partition coefficient (Wildman–Crippen LogP) is 3.81. The molecule has 0 aliphatic rings. The van der Waals surface area contributed by atoms with Gasteiger partial charge in [-0.25, -0.2) is 0 Å². The second-order valence-electron chi connectivity index (χ2n) is 5.39. The lowest BCUT2D eigenvalue weighted by molar-refractivity contribution is -0.393. The minimum atomic E-state index is -0.580. The van der Waals surface area contributed by atoms with Gasteiger partial charge in [0.25, 0.3) is 5.69 Å². The highest BCUT2D eigenvalue weighted by Gasteiger charge is 2.32. The monoisotopic (exact) mass is 325 g/mol. The minimum Gasteiger partial charge on any atom is -0.380 e. The number of ether oxygens (including phenoxy) is 1. The third-order valence-corrected chi connectivity index (χ3v) is 3.64. The van der Waals surface area contributed by atoms with Gasteiger partial charge in [-0.05, 0) is 25.3 Å². The number of nitrogens with one attached hydrogen (secondary N) is 1. The molecule has 8 heteroatoms. The Morgan fingerprint density at radius 3 is 2.35 bits per heavy atom. The number of nitro benzene ring substituents is 2. The van der Waals surface area contributed by atoms with Gasteiger partial charge in [-0.1, -0.05) is 20.3 Å². The highest BCUT2D eigenvalue weighted by Crippen LogP contribution is 2.40. The van der Waals surface area contributed by atoms with Gasteiger partial charge in [-0.15, -0.1) is 0 Å². The first-order valence-corrected chi connectivity index (χ1v) is 7.60. The van der Waals surface area contributed by atoms with E-state index in [0.29, 0.717) is 17.5 Å². The van der Waals surface area contributed by atoms with Crippen molar-refractivity contribution in [3.8, 4) is 0 Å². The fraction of sp³-hybridized carbons (Fsp3) is 0.600.